The summed E-state index contributed by atoms with van der Waals surface area (Å²) in [6, 6.07) is 11.0. The normalized spacial score (nSPS) is 10.5. The van der Waals surface area contributed by atoms with Crippen LogP contribution in [0.2, 0.25) is 5.02 Å². The van der Waals surface area contributed by atoms with E-state index in [1.165, 1.54) is 47.1 Å². The molecule has 1 aromatic heterocycles. The van der Waals surface area contributed by atoms with Gasteiger partial charge in [0.2, 0.25) is 0 Å². The van der Waals surface area contributed by atoms with Gasteiger partial charge in [-0.25, -0.2) is 9.07 Å². The fourth-order valence-electron chi connectivity index (χ4n) is 2.08. The molecule has 0 atom stereocenters. The summed E-state index contributed by atoms with van der Waals surface area (Å²) in [7, 11) is 0. The van der Waals surface area contributed by atoms with Crippen LogP contribution in [0.5, 0.6) is 0 Å². The van der Waals surface area contributed by atoms with Crippen molar-refractivity contribution in [3.8, 4) is 5.69 Å². The fourth-order valence-corrected chi connectivity index (χ4v) is 2.27. The molecule has 1 N–H and O–H groups in total. The lowest BCUT2D eigenvalue weighted by Gasteiger charge is -2.04. The number of anilines is 1. The second kappa shape index (κ2) is 6.70. The Morgan fingerprint density at radius 2 is 1.92 bits per heavy atom. The minimum atomic E-state index is -0.581. The zero-order valence-corrected chi connectivity index (χ0v) is 13.3. The molecule has 2 aromatic carbocycles. The number of carbonyl (C=O) groups is 1. The molecule has 0 saturated heterocycles. The number of benzene rings is 2. The highest BCUT2D eigenvalue weighted by Crippen LogP contribution is 2.20. The fraction of sp³-hybridized carbons (Fsp3) is 0. The minimum absolute atomic E-state index is 0.0398. The Morgan fingerprint density at radius 3 is 2.56 bits per heavy atom. The molecule has 0 saturated carbocycles. The van der Waals surface area contributed by atoms with Gasteiger partial charge in [0.05, 0.1) is 15.6 Å². The van der Waals surface area contributed by atoms with Gasteiger partial charge in [-0.05, 0) is 36.4 Å². The molecule has 25 heavy (non-hydrogen) atoms. The molecule has 0 fully saturated rings. The number of non-ortho nitro benzene ring substituents is 1. The van der Waals surface area contributed by atoms with Crippen LogP contribution < -0.4 is 5.32 Å². The zero-order valence-electron chi connectivity index (χ0n) is 12.5. The molecule has 3 rings (SSSR count). The van der Waals surface area contributed by atoms with Gasteiger partial charge in [0.1, 0.15) is 5.82 Å². The van der Waals surface area contributed by atoms with Crippen molar-refractivity contribution >= 4 is 28.9 Å². The highest BCUT2D eigenvalue weighted by Gasteiger charge is 2.12. The van der Waals surface area contributed by atoms with E-state index in [0.717, 1.165) is 6.07 Å². The van der Waals surface area contributed by atoms with Gasteiger partial charge in [-0.1, -0.05) is 11.6 Å². The number of carbonyl (C=O) groups excluding carboxylic acids is 1. The first kappa shape index (κ1) is 16.6. The van der Waals surface area contributed by atoms with E-state index in [4.69, 9.17) is 11.6 Å². The molecule has 0 radical (unpaired) electrons. The lowest BCUT2D eigenvalue weighted by molar-refractivity contribution is -0.384. The van der Waals surface area contributed by atoms with Crippen molar-refractivity contribution in [2.75, 3.05) is 5.32 Å². The SMILES string of the molecule is O=C(Nc1ccc(F)c(Cl)c1)c1ccn(-c2ccc([N+](=O)[O-])cc2)n1. The maximum atomic E-state index is 13.1. The molecule has 0 bridgehead atoms. The van der Waals surface area contributed by atoms with E-state index < -0.39 is 16.6 Å². The molecule has 3 aromatic rings. The van der Waals surface area contributed by atoms with Crippen molar-refractivity contribution in [1.29, 1.82) is 0 Å². The maximum Gasteiger partial charge on any atom is 0.276 e. The van der Waals surface area contributed by atoms with E-state index >= 15 is 0 Å². The summed E-state index contributed by atoms with van der Waals surface area (Å²) in [4.78, 5) is 22.3. The number of nitro groups is 1. The third-order valence-electron chi connectivity index (χ3n) is 3.32. The molecule has 0 aliphatic carbocycles. The van der Waals surface area contributed by atoms with E-state index in [1.54, 1.807) is 6.20 Å². The van der Waals surface area contributed by atoms with Crippen molar-refractivity contribution in [2.45, 2.75) is 0 Å². The highest BCUT2D eigenvalue weighted by atomic mass is 35.5. The Kier molecular flexibility index (Phi) is 4.44. The summed E-state index contributed by atoms with van der Waals surface area (Å²) < 4.78 is 14.5. The van der Waals surface area contributed by atoms with Gasteiger partial charge in [0.15, 0.2) is 5.69 Å². The first-order chi connectivity index (χ1) is 11.9. The lowest BCUT2D eigenvalue weighted by Crippen LogP contribution is -2.13. The smallest absolute Gasteiger partial charge is 0.276 e. The Labute approximate surface area is 145 Å². The van der Waals surface area contributed by atoms with Gasteiger partial charge in [0.25, 0.3) is 11.6 Å². The van der Waals surface area contributed by atoms with Crippen molar-refractivity contribution in [3.63, 3.8) is 0 Å². The Bertz CT molecular complexity index is 956. The third-order valence-corrected chi connectivity index (χ3v) is 3.61. The minimum Gasteiger partial charge on any atom is -0.321 e. The Morgan fingerprint density at radius 1 is 1.20 bits per heavy atom. The summed E-state index contributed by atoms with van der Waals surface area (Å²) in [5.41, 5.74) is 0.983. The molecule has 0 unspecified atom stereocenters. The molecule has 126 valence electrons. The van der Waals surface area contributed by atoms with E-state index in [-0.39, 0.29) is 16.4 Å². The molecule has 0 aliphatic rings. The van der Waals surface area contributed by atoms with Gasteiger partial charge >= 0.3 is 0 Å². The molecule has 1 heterocycles. The molecular weight excluding hydrogens is 351 g/mol. The van der Waals surface area contributed by atoms with Crippen molar-refractivity contribution in [2.24, 2.45) is 0 Å². The summed E-state index contributed by atoms with van der Waals surface area (Å²) in [5, 5.41) is 17.2. The van der Waals surface area contributed by atoms with Gasteiger partial charge in [-0.15, -0.1) is 0 Å². The van der Waals surface area contributed by atoms with Gasteiger partial charge < -0.3 is 5.32 Å². The second-order valence-corrected chi connectivity index (χ2v) is 5.41. The molecule has 1 amide bonds. The first-order valence-corrected chi connectivity index (χ1v) is 7.39. The van der Waals surface area contributed by atoms with E-state index in [1.807, 2.05) is 0 Å². The van der Waals surface area contributed by atoms with Crippen LogP contribution in [0.15, 0.2) is 54.7 Å². The van der Waals surface area contributed by atoms with Gasteiger partial charge in [-0.2, -0.15) is 5.10 Å². The quantitative estimate of drug-likeness (QED) is 0.565. The average molecular weight is 361 g/mol. The van der Waals surface area contributed by atoms with Crippen LogP contribution in [0.3, 0.4) is 0 Å². The number of amides is 1. The van der Waals surface area contributed by atoms with Gasteiger partial charge in [0, 0.05) is 24.0 Å². The Hall–Kier alpha value is -3.26. The van der Waals surface area contributed by atoms with Crippen molar-refractivity contribution < 1.29 is 14.1 Å². The largest absolute Gasteiger partial charge is 0.321 e. The van der Waals surface area contributed by atoms with Crippen molar-refractivity contribution in [3.05, 3.63) is 81.4 Å². The van der Waals surface area contributed by atoms with Crippen LogP contribution in [-0.4, -0.2) is 20.6 Å². The first-order valence-electron chi connectivity index (χ1n) is 7.01. The van der Waals surface area contributed by atoms with Crippen LogP contribution in [0.4, 0.5) is 15.8 Å². The monoisotopic (exact) mass is 360 g/mol. The number of nitrogens with zero attached hydrogens (tertiary/aromatic N) is 3. The van der Waals surface area contributed by atoms with Crippen LogP contribution in [0, 0.1) is 15.9 Å². The predicted octanol–water partition coefficient (Wildman–Crippen LogP) is 3.83. The summed E-state index contributed by atoms with van der Waals surface area (Å²) in [6.07, 6.45) is 1.55. The van der Waals surface area contributed by atoms with Crippen molar-refractivity contribution in [1.82, 2.24) is 9.78 Å². The highest BCUT2D eigenvalue weighted by molar-refractivity contribution is 6.31. The number of rotatable bonds is 4. The molecule has 9 heteroatoms. The maximum absolute atomic E-state index is 13.1. The van der Waals surface area contributed by atoms with E-state index in [0.29, 0.717) is 11.4 Å². The standard InChI is InChI=1S/C16H10ClFN4O3/c17-13-9-10(1-6-14(13)18)19-16(23)15-7-8-21(20-15)11-2-4-12(5-3-11)22(24)25/h1-9H,(H,19,23). The third kappa shape index (κ3) is 3.64. The number of hydrogen-bond donors (Lipinski definition) is 1. The van der Waals surface area contributed by atoms with Crippen LogP contribution in [0.25, 0.3) is 5.69 Å². The molecule has 0 aliphatic heterocycles. The predicted molar refractivity (Wildman–Crippen MR) is 89.6 cm³/mol. The molecular formula is C16H10ClFN4O3. The van der Waals surface area contributed by atoms with Crippen LogP contribution in [-0.2, 0) is 0 Å². The molecule has 0 spiro atoms. The van der Waals surface area contributed by atoms with E-state index in [2.05, 4.69) is 10.4 Å². The zero-order chi connectivity index (χ0) is 18.0. The lowest BCUT2D eigenvalue weighted by atomic mass is 10.3. The van der Waals surface area contributed by atoms with Crippen LogP contribution in [0.1, 0.15) is 10.5 Å². The number of hydrogen-bond acceptors (Lipinski definition) is 4. The summed E-state index contributed by atoms with van der Waals surface area (Å²) >= 11 is 5.67. The number of aromatic nitrogens is 2. The molecule has 7 nitrogen and oxygen atoms in total. The van der Waals surface area contributed by atoms with E-state index in [9.17, 15) is 19.3 Å². The second-order valence-electron chi connectivity index (χ2n) is 5.00. The average Bonchev–Trinajstić information content (AvgIpc) is 3.08. The summed E-state index contributed by atoms with van der Waals surface area (Å²) in [5.74, 6) is -1.08. The summed E-state index contributed by atoms with van der Waals surface area (Å²) in [6.45, 7) is 0. The number of nitro benzene ring substituents is 1. The number of halogens is 2. The van der Waals surface area contributed by atoms with Crippen LogP contribution >= 0.6 is 11.6 Å². The Balaban J connectivity index is 1.77. The topological polar surface area (TPSA) is 90.1 Å². The number of nitrogens with one attached hydrogen (secondary N) is 1. The van der Waals surface area contributed by atoms with Gasteiger partial charge in [-0.3, -0.25) is 14.9 Å².